The quantitative estimate of drug-likeness (QED) is 0.322. The van der Waals surface area contributed by atoms with E-state index in [-0.39, 0.29) is 11.8 Å². The number of amides is 2. The number of hydrogen-bond donors (Lipinski definition) is 1. The third-order valence-corrected chi connectivity index (χ3v) is 8.70. The van der Waals surface area contributed by atoms with Crippen molar-refractivity contribution in [3.05, 3.63) is 107 Å². The molecule has 5 heteroatoms. The van der Waals surface area contributed by atoms with Crippen LogP contribution in [0.2, 0.25) is 0 Å². The Morgan fingerprint density at radius 1 is 0.667 bits per heavy atom. The fourth-order valence-corrected chi connectivity index (χ4v) is 6.36. The smallest absolute Gasteiger partial charge is 0.256 e. The summed E-state index contributed by atoms with van der Waals surface area (Å²) in [4.78, 5) is 33.9. The number of rotatable bonds is 6. The van der Waals surface area contributed by atoms with Crippen molar-refractivity contribution in [3.8, 4) is 0 Å². The Hall–Kier alpha value is -3.86. The maximum atomic E-state index is 13.4. The normalized spacial score (nSPS) is 17.0. The van der Waals surface area contributed by atoms with Gasteiger partial charge in [-0.3, -0.25) is 9.59 Å². The lowest BCUT2D eigenvalue weighted by atomic mass is 9.90. The Balaban J connectivity index is 1.05. The minimum atomic E-state index is 0.0815. The van der Waals surface area contributed by atoms with Crippen LogP contribution in [0.3, 0.4) is 0 Å². The SMILES string of the molecule is O=C(c1ccc2c(C(=O)N3CCC(Cc4ccccc4)CC3)c[nH]c2c1)N1CCC(Cc2ccccc2)CC1. The van der Waals surface area contributed by atoms with Gasteiger partial charge in [0.2, 0.25) is 0 Å². The number of nitrogens with one attached hydrogen (secondary N) is 1. The Bertz CT molecular complexity index is 1410. The summed E-state index contributed by atoms with van der Waals surface area (Å²) in [6.45, 7) is 3.17. The molecule has 3 heterocycles. The van der Waals surface area contributed by atoms with Gasteiger partial charge < -0.3 is 14.8 Å². The van der Waals surface area contributed by atoms with Gasteiger partial charge in [0.15, 0.2) is 0 Å². The molecule has 0 radical (unpaired) electrons. The maximum absolute atomic E-state index is 13.4. The number of H-pyrrole nitrogens is 1. The fourth-order valence-electron chi connectivity index (χ4n) is 6.36. The molecule has 5 nitrogen and oxygen atoms in total. The molecule has 4 aromatic rings. The molecule has 0 saturated carbocycles. The number of aromatic nitrogens is 1. The van der Waals surface area contributed by atoms with Crippen molar-refractivity contribution in [3.63, 3.8) is 0 Å². The average Bonchev–Trinajstić information content (AvgIpc) is 3.42. The second-order valence-corrected chi connectivity index (χ2v) is 11.3. The van der Waals surface area contributed by atoms with E-state index in [1.54, 1.807) is 0 Å². The number of carbonyl (C=O) groups excluding carboxylic acids is 2. The van der Waals surface area contributed by atoms with E-state index in [2.05, 4.69) is 65.6 Å². The van der Waals surface area contributed by atoms with Gasteiger partial charge in [0, 0.05) is 48.8 Å². The van der Waals surface area contributed by atoms with Crippen LogP contribution in [0, 0.1) is 11.8 Å². The molecule has 0 spiro atoms. The van der Waals surface area contributed by atoms with Crippen molar-refractivity contribution in [2.24, 2.45) is 11.8 Å². The lowest BCUT2D eigenvalue weighted by Crippen LogP contribution is -2.39. The predicted molar refractivity (Wildman–Crippen MR) is 156 cm³/mol. The van der Waals surface area contributed by atoms with E-state index in [9.17, 15) is 9.59 Å². The Morgan fingerprint density at radius 3 is 1.72 bits per heavy atom. The predicted octanol–water partition coefficient (Wildman–Crippen LogP) is 6.36. The highest BCUT2D eigenvalue weighted by atomic mass is 16.2. The highest BCUT2D eigenvalue weighted by Gasteiger charge is 2.27. The van der Waals surface area contributed by atoms with Gasteiger partial charge in [-0.05, 0) is 73.6 Å². The van der Waals surface area contributed by atoms with Crippen molar-refractivity contribution < 1.29 is 9.59 Å². The Labute approximate surface area is 230 Å². The van der Waals surface area contributed by atoms with Crippen LogP contribution in [-0.2, 0) is 12.8 Å². The van der Waals surface area contributed by atoms with Crippen molar-refractivity contribution in [1.82, 2.24) is 14.8 Å². The van der Waals surface area contributed by atoms with E-state index in [1.807, 2.05) is 34.2 Å². The molecule has 2 fully saturated rings. The van der Waals surface area contributed by atoms with Crippen LogP contribution in [0.15, 0.2) is 85.1 Å². The van der Waals surface area contributed by atoms with E-state index in [0.29, 0.717) is 23.0 Å². The van der Waals surface area contributed by atoms with E-state index in [4.69, 9.17) is 0 Å². The van der Waals surface area contributed by atoms with Crippen molar-refractivity contribution in [1.29, 1.82) is 0 Å². The molecule has 2 saturated heterocycles. The summed E-state index contributed by atoms with van der Waals surface area (Å²) < 4.78 is 0. The molecule has 2 aliphatic heterocycles. The van der Waals surface area contributed by atoms with Gasteiger partial charge in [0.25, 0.3) is 11.8 Å². The monoisotopic (exact) mass is 519 g/mol. The number of nitrogens with zero attached hydrogens (tertiary/aromatic N) is 2. The molecular formula is C34H37N3O2. The summed E-state index contributed by atoms with van der Waals surface area (Å²) in [6, 6.07) is 27.0. The number of fused-ring (bicyclic) bond motifs is 1. The molecule has 1 N–H and O–H groups in total. The standard InChI is InChI=1S/C34H37N3O2/c38-33(36-17-13-27(14-18-36)21-25-7-3-1-4-8-25)29-11-12-30-31(24-35-32(30)23-29)34(39)37-19-15-28(16-20-37)22-26-9-5-2-6-10-26/h1-12,23-24,27-28,35H,13-22H2. The van der Waals surface area contributed by atoms with E-state index >= 15 is 0 Å². The molecule has 39 heavy (non-hydrogen) atoms. The highest BCUT2D eigenvalue weighted by Crippen LogP contribution is 2.27. The fraction of sp³-hybridized carbons (Fsp3) is 0.353. The number of likely N-dealkylation sites (tertiary alicyclic amines) is 2. The largest absolute Gasteiger partial charge is 0.360 e. The first-order chi connectivity index (χ1) is 19.1. The second-order valence-electron chi connectivity index (χ2n) is 11.3. The maximum Gasteiger partial charge on any atom is 0.256 e. The number of aromatic amines is 1. The van der Waals surface area contributed by atoms with Crippen LogP contribution >= 0.6 is 0 Å². The van der Waals surface area contributed by atoms with E-state index < -0.39 is 0 Å². The third-order valence-electron chi connectivity index (χ3n) is 8.70. The summed E-state index contributed by atoms with van der Waals surface area (Å²) in [5.41, 5.74) is 4.99. The summed E-state index contributed by atoms with van der Waals surface area (Å²) in [5.74, 6) is 1.41. The molecule has 0 unspecified atom stereocenters. The van der Waals surface area contributed by atoms with Crippen LogP contribution < -0.4 is 0 Å². The Kier molecular flexibility index (Phi) is 7.49. The lowest BCUT2D eigenvalue weighted by molar-refractivity contribution is 0.0684. The first-order valence-electron chi connectivity index (χ1n) is 14.4. The lowest BCUT2D eigenvalue weighted by Gasteiger charge is -2.32. The molecule has 0 bridgehead atoms. The zero-order valence-electron chi connectivity index (χ0n) is 22.5. The molecule has 3 aromatic carbocycles. The van der Waals surface area contributed by atoms with Crippen LogP contribution in [0.25, 0.3) is 10.9 Å². The van der Waals surface area contributed by atoms with Crippen LogP contribution in [0.4, 0.5) is 0 Å². The van der Waals surface area contributed by atoms with E-state index in [1.165, 1.54) is 11.1 Å². The number of hydrogen-bond acceptors (Lipinski definition) is 2. The summed E-state index contributed by atoms with van der Waals surface area (Å²) in [6.07, 6.45) is 8.11. The van der Waals surface area contributed by atoms with Gasteiger partial charge in [-0.1, -0.05) is 66.7 Å². The zero-order chi connectivity index (χ0) is 26.6. The minimum absolute atomic E-state index is 0.0815. The van der Waals surface area contributed by atoms with Gasteiger partial charge in [-0.15, -0.1) is 0 Å². The summed E-state index contributed by atoms with van der Waals surface area (Å²) in [5, 5.41) is 0.893. The summed E-state index contributed by atoms with van der Waals surface area (Å²) >= 11 is 0. The van der Waals surface area contributed by atoms with E-state index in [0.717, 1.165) is 75.6 Å². The van der Waals surface area contributed by atoms with Crippen molar-refractivity contribution in [2.45, 2.75) is 38.5 Å². The zero-order valence-corrected chi connectivity index (χ0v) is 22.5. The van der Waals surface area contributed by atoms with Crippen LogP contribution in [-0.4, -0.2) is 52.8 Å². The highest BCUT2D eigenvalue weighted by molar-refractivity contribution is 6.08. The average molecular weight is 520 g/mol. The van der Waals surface area contributed by atoms with Crippen molar-refractivity contribution >= 4 is 22.7 Å². The molecular weight excluding hydrogens is 482 g/mol. The second kappa shape index (κ2) is 11.5. The topological polar surface area (TPSA) is 56.4 Å². The van der Waals surface area contributed by atoms with Gasteiger partial charge in [-0.2, -0.15) is 0 Å². The molecule has 2 amide bonds. The van der Waals surface area contributed by atoms with Crippen molar-refractivity contribution in [2.75, 3.05) is 26.2 Å². The molecule has 1 aromatic heterocycles. The molecule has 200 valence electrons. The Morgan fingerprint density at radius 2 is 1.18 bits per heavy atom. The third kappa shape index (κ3) is 5.78. The molecule has 6 rings (SSSR count). The first-order valence-corrected chi connectivity index (χ1v) is 14.4. The minimum Gasteiger partial charge on any atom is -0.360 e. The molecule has 2 aliphatic rings. The van der Waals surface area contributed by atoms with Gasteiger partial charge in [-0.25, -0.2) is 0 Å². The van der Waals surface area contributed by atoms with Crippen LogP contribution in [0.1, 0.15) is 57.5 Å². The molecule has 0 aliphatic carbocycles. The number of benzene rings is 3. The van der Waals surface area contributed by atoms with Crippen LogP contribution in [0.5, 0.6) is 0 Å². The van der Waals surface area contributed by atoms with Gasteiger partial charge in [0.05, 0.1) is 5.56 Å². The van der Waals surface area contributed by atoms with Gasteiger partial charge in [0.1, 0.15) is 0 Å². The summed E-state index contributed by atoms with van der Waals surface area (Å²) in [7, 11) is 0. The number of piperidine rings is 2. The first kappa shape index (κ1) is 25.4. The number of carbonyl (C=O) groups is 2. The molecule has 0 atom stereocenters. The van der Waals surface area contributed by atoms with Gasteiger partial charge >= 0.3 is 0 Å².